The van der Waals surface area contributed by atoms with Gasteiger partial charge in [-0.25, -0.2) is 0 Å². The Balaban J connectivity index is 2.27. The van der Waals surface area contributed by atoms with Crippen LogP contribution in [0.25, 0.3) is 0 Å². The van der Waals surface area contributed by atoms with E-state index in [1.165, 1.54) is 0 Å². The van der Waals surface area contributed by atoms with E-state index < -0.39 is 5.60 Å². The molecule has 0 saturated carbocycles. The van der Waals surface area contributed by atoms with Crippen LogP contribution in [0.2, 0.25) is 0 Å². The van der Waals surface area contributed by atoms with Crippen molar-refractivity contribution in [3.05, 3.63) is 18.0 Å². The van der Waals surface area contributed by atoms with E-state index in [0.29, 0.717) is 18.9 Å². The third-order valence-electron chi connectivity index (χ3n) is 1.66. The van der Waals surface area contributed by atoms with Crippen molar-refractivity contribution in [3.63, 3.8) is 0 Å². The number of hydrogen-bond acceptors (Lipinski definition) is 3. The van der Waals surface area contributed by atoms with E-state index in [2.05, 4.69) is 10.2 Å². The molecule has 0 radical (unpaired) electrons. The molecular weight excluding hydrogens is 132 g/mol. The van der Waals surface area contributed by atoms with Crippen molar-refractivity contribution < 1.29 is 9.84 Å². The molecule has 2 N–H and O–H groups in total. The lowest BCUT2D eigenvalue weighted by Gasteiger charge is -2.34. The summed E-state index contributed by atoms with van der Waals surface area (Å²) in [5.41, 5.74) is -0.154. The number of ether oxygens (including phenoxy) is 1. The molecule has 0 aromatic carbocycles. The van der Waals surface area contributed by atoms with Crippen LogP contribution in [-0.4, -0.2) is 28.5 Å². The second-order valence-electron chi connectivity index (χ2n) is 2.48. The van der Waals surface area contributed by atoms with Crippen LogP contribution in [0.1, 0.15) is 5.69 Å². The Morgan fingerprint density at radius 2 is 2.50 bits per heavy atom. The lowest BCUT2D eigenvalue weighted by atomic mass is 9.99. The number of aliphatic hydroxyl groups is 1. The maximum atomic E-state index is 9.56. The fourth-order valence-electron chi connectivity index (χ4n) is 0.963. The first-order valence-corrected chi connectivity index (χ1v) is 3.12. The molecule has 1 fully saturated rings. The molecule has 1 saturated heterocycles. The molecule has 0 unspecified atom stereocenters. The topological polar surface area (TPSA) is 58.1 Å². The van der Waals surface area contributed by atoms with Gasteiger partial charge in [-0.05, 0) is 6.07 Å². The van der Waals surface area contributed by atoms with Crippen LogP contribution in [-0.2, 0) is 10.3 Å². The van der Waals surface area contributed by atoms with E-state index in [4.69, 9.17) is 4.74 Å². The highest BCUT2D eigenvalue weighted by Gasteiger charge is 2.39. The van der Waals surface area contributed by atoms with Crippen molar-refractivity contribution >= 4 is 0 Å². The highest BCUT2D eigenvalue weighted by atomic mass is 16.5. The van der Waals surface area contributed by atoms with Gasteiger partial charge in [0, 0.05) is 6.20 Å². The van der Waals surface area contributed by atoms with Crippen molar-refractivity contribution in [1.29, 1.82) is 0 Å². The number of H-pyrrole nitrogens is 1. The lowest BCUT2D eigenvalue weighted by Crippen LogP contribution is -2.46. The third kappa shape index (κ3) is 0.661. The molecule has 0 aliphatic carbocycles. The van der Waals surface area contributed by atoms with Gasteiger partial charge in [0.25, 0.3) is 0 Å². The summed E-state index contributed by atoms with van der Waals surface area (Å²) in [5.74, 6) is 0. The van der Waals surface area contributed by atoms with Gasteiger partial charge >= 0.3 is 0 Å². The number of hydrogen-bond donors (Lipinski definition) is 2. The number of nitrogens with zero attached hydrogens (tertiary/aromatic N) is 1. The van der Waals surface area contributed by atoms with E-state index in [-0.39, 0.29) is 0 Å². The normalized spacial score (nSPS) is 22.1. The highest BCUT2D eigenvalue weighted by Crippen LogP contribution is 2.26. The maximum Gasteiger partial charge on any atom is 0.154 e. The standard InChI is InChI=1S/C6H8N2O2/c9-6(3-10-4-6)5-1-2-7-8-5/h1-2,9H,3-4H2,(H,7,8). The molecule has 1 aromatic heterocycles. The number of rotatable bonds is 1. The molecule has 1 aliphatic rings. The first-order chi connectivity index (χ1) is 4.81. The summed E-state index contributed by atoms with van der Waals surface area (Å²) in [5, 5.41) is 16.1. The van der Waals surface area contributed by atoms with Gasteiger partial charge in [0.1, 0.15) is 0 Å². The Morgan fingerprint density at radius 1 is 1.70 bits per heavy atom. The van der Waals surface area contributed by atoms with E-state index in [1.54, 1.807) is 12.3 Å². The Bertz CT molecular complexity index is 216. The minimum Gasteiger partial charge on any atom is -0.379 e. The number of aromatic amines is 1. The highest BCUT2D eigenvalue weighted by molar-refractivity contribution is 5.12. The van der Waals surface area contributed by atoms with E-state index in [9.17, 15) is 5.11 Å². The molecule has 4 heteroatoms. The molecule has 10 heavy (non-hydrogen) atoms. The first-order valence-electron chi connectivity index (χ1n) is 3.12. The molecule has 2 heterocycles. The Labute approximate surface area is 57.8 Å². The van der Waals surface area contributed by atoms with Gasteiger partial charge in [-0.2, -0.15) is 5.10 Å². The molecule has 2 rings (SSSR count). The predicted molar refractivity (Wildman–Crippen MR) is 33.3 cm³/mol. The smallest absolute Gasteiger partial charge is 0.154 e. The monoisotopic (exact) mass is 140 g/mol. The van der Waals surface area contributed by atoms with Gasteiger partial charge in [-0.15, -0.1) is 0 Å². The molecule has 0 bridgehead atoms. The summed E-state index contributed by atoms with van der Waals surface area (Å²) in [6.07, 6.45) is 1.69. The van der Waals surface area contributed by atoms with Gasteiger partial charge in [0.05, 0.1) is 18.9 Å². The summed E-state index contributed by atoms with van der Waals surface area (Å²) >= 11 is 0. The Kier molecular flexibility index (Phi) is 1.06. The Morgan fingerprint density at radius 3 is 2.90 bits per heavy atom. The molecule has 54 valence electrons. The molecule has 0 atom stereocenters. The van der Waals surface area contributed by atoms with Gasteiger partial charge < -0.3 is 9.84 Å². The number of nitrogens with one attached hydrogen (secondary N) is 1. The predicted octanol–water partition coefficient (Wildman–Crippen LogP) is -0.373. The summed E-state index contributed by atoms with van der Waals surface area (Å²) in [6, 6.07) is 1.75. The SMILES string of the molecule is OC1(c2cc[nH]n2)COC1. The minimum atomic E-state index is -0.819. The van der Waals surface area contributed by atoms with Crippen molar-refractivity contribution in [1.82, 2.24) is 10.2 Å². The zero-order valence-electron chi connectivity index (χ0n) is 5.37. The fraction of sp³-hybridized carbons (Fsp3) is 0.500. The number of aromatic nitrogens is 2. The van der Waals surface area contributed by atoms with Crippen molar-refractivity contribution in [2.45, 2.75) is 5.60 Å². The van der Waals surface area contributed by atoms with E-state index >= 15 is 0 Å². The average molecular weight is 140 g/mol. The van der Waals surface area contributed by atoms with Crippen LogP contribution in [0.4, 0.5) is 0 Å². The van der Waals surface area contributed by atoms with Gasteiger partial charge in [-0.1, -0.05) is 0 Å². The lowest BCUT2D eigenvalue weighted by molar-refractivity contribution is -0.186. The summed E-state index contributed by atoms with van der Waals surface area (Å²) in [7, 11) is 0. The van der Waals surface area contributed by atoms with Crippen LogP contribution in [0.3, 0.4) is 0 Å². The molecule has 1 aromatic rings. The van der Waals surface area contributed by atoms with Crippen LogP contribution in [0, 0.1) is 0 Å². The van der Waals surface area contributed by atoms with Gasteiger partial charge in [0.15, 0.2) is 5.60 Å². The molecule has 1 aliphatic heterocycles. The second-order valence-corrected chi connectivity index (χ2v) is 2.48. The van der Waals surface area contributed by atoms with Crippen LogP contribution < -0.4 is 0 Å². The van der Waals surface area contributed by atoms with Crippen molar-refractivity contribution in [3.8, 4) is 0 Å². The van der Waals surface area contributed by atoms with Crippen LogP contribution >= 0.6 is 0 Å². The Hall–Kier alpha value is -0.870. The zero-order chi connectivity index (χ0) is 7.03. The van der Waals surface area contributed by atoms with Gasteiger partial charge in [-0.3, -0.25) is 5.10 Å². The third-order valence-corrected chi connectivity index (χ3v) is 1.66. The molecule has 0 spiro atoms. The molecule has 4 nitrogen and oxygen atoms in total. The summed E-state index contributed by atoms with van der Waals surface area (Å²) in [4.78, 5) is 0. The first kappa shape index (κ1) is 5.88. The second kappa shape index (κ2) is 1.81. The molecule has 0 amide bonds. The van der Waals surface area contributed by atoms with Gasteiger partial charge in [0.2, 0.25) is 0 Å². The summed E-state index contributed by atoms with van der Waals surface area (Å²) < 4.78 is 4.86. The van der Waals surface area contributed by atoms with Crippen LogP contribution in [0.15, 0.2) is 12.3 Å². The fourth-order valence-corrected chi connectivity index (χ4v) is 0.963. The maximum absolute atomic E-state index is 9.56. The largest absolute Gasteiger partial charge is 0.379 e. The summed E-state index contributed by atoms with van der Waals surface area (Å²) in [6.45, 7) is 0.718. The van der Waals surface area contributed by atoms with E-state index in [1.807, 2.05) is 0 Å². The van der Waals surface area contributed by atoms with Crippen LogP contribution in [0.5, 0.6) is 0 Å². The minimum absolute atomic E-state index is 0.359. The van der Waals surface area contributed by atoms with Crippen molar-refractivity contribution in [2.24, 2.45) is 0 Å². The average Bonchev–Trinajstić information content (AvgIpc) is 2.33. The van der Waals surface area contributed by atoms with Crippen molar-refractivity contribution in [2.75, 3.05) is 13.2 Å². The molecular formula is C6H8N2O2. The quantitative estimate of drug-likeness (QED) is 0.559. The van der Waals surface area contributed by atoms with E-state index in [0.717, 1.165) is 0 Å². The zero-order valence-corrected chi connectivity index (χ0v) is 5.37.